The van der Waals surface area contributed by atoms with E-state index >= 15 is 0 Å². The van der Waals surface area contributed by atoms with Crippen LogP contribution in [0, 0.1) is 11.3 Å². The van der Waals surface area contributed by atoms with Gasteiger partial charge in [0, 0.05) is 16.5 Å². The van der Waals surface area contributed by atoms with E-state index in [0.717, 1.165) is 11.1 Å². The fourth-order valence-electron chi connectivity index (χ4n) is 2.86. The molecule has 0 fully saturated rings. The average Bonchev–Trinajstić information content (AvgIpc) is 3.17. The van der Waals surface area contributed by atoms with Gasteiger partial charge in [-0.15, -0.1) is 0 Å². The van der Waals surface area contributed by atoms with Gasteiger partial charge in [0.25, 0.3) is 0 Å². The van der Waals surface area contributed by atoms with Crippen LogP contribution < -0.4 is 21.7 Å². The van der Waals surface area contributed by atoms with Gasteiger partial charge in [-0.25, -0.2) is 4.98 Å². The van der Waals surface area contributed by atoms with Crippen LogP contribution in [0.25, 0.3) is 22.0 Å². The summed E-state index contributed by atoms with van der Waals surface area (Å²) in [4.78, 5) is 16.9. The number of para-hydroxylation sites is 1. The highest BCUT2D eigenvalue weighted by Crippen LogP contribution is 2.28. The highest BCUT2D eigenvalue weighted by atomic mass is 32.1. The van der Waals surface area contributed by atoms with Gasteiger partial charge in [-0.3, -0.25) is 10.2 Å². The molecule has 0 atom stereocenters. The van der Waals surface area contributed by atoms with Gasteiger partial charge in [0.2, 0.25) is 0 Å². The first-order chi connectivity index (χ1) is 12.7. The number of aromatic nitrogens is 1. The number of fused-ring (bicyclic) bond motifs is 3. The predicted molar refractivity (Wildman–Crippen MR) is 103 cm³/mol. The number of rotatable bonds is 2. The molecule has 2 aromatic carbocycles. The summed E-state index contributed by atoms with van der Waals surface area (Å²) >= 11 is 5.19. The molecule has 2 aromatic rings. The zero-order chi connectivity index (χ0) is 18.1. The Kier molecular flexibility index (Phi) is 3.88. The van der Waals surface area contributed by atoms with Crippen molar-refractivity contribution in [2.45, 2.75) is 0 Å². The molecule has 0 unspecified atom stereocenters. The number of thiocarbonyl (C=S) groups is 1. The minimum atomic E-state index is -0.203. The van der Waals surface area contributed by atoms with Crippen LogP contribution in [0.3, 0.4) is 0 Å². The molecule has 2 N–H and O–H groups in total. The fourth-order valence-corrected chi connectivity index (χ4v) is 3.02. The largest absolute Gasteiger partial charge is 0.331 e. The molecule has 26 heavy (non-hydrogen) atoms. The van der Waals surface area contributed by atoms with E-state index in [4.69, 9.17) is 12.2 Å². The van der Waals surface area contributed by atoms with E-state index in [-0.39, 0.29) is 21.6 Å². The van der Waals surface area contributed by atoms with Gasteiger partial charge in [-0.1, -0.05) is 42.5 Å². The molecule has 124 valence electrons. The van der Waals surface area contributed by atoms with Crippen molar-refractivity contribution in [3.63, 3.8) is 0 Å². The number of hydrogen-bond acceptors (Lipinski definition) is 5. The van der Waals surface area contributed by atoms with Crippen LogP contribution in [0.5, 0.6) is 0 Å². The normalized spacial score (nSPS) is 11.6. The Hall–Kier alpha value is -3.63. The third kappa shape index (κ3) is 2.59. The summed E-state index contributed by atoms with van der Waals surface area (Å²) < 4.78 is 0. The Bertz CT molecular complexity index is 1230. The number of nitrogens with one attached hydrogen (secondary N) is 2. The predicted octanol–water partition coefficient (Wildman–Crippen LogP) is 2.25. The average molecular weight is 357 g/mol. The molecular weight excluding hydrogens is 346 g/mol. The van der Waals surface area contributed by atoms with Crippen LogP contribution in [0.4, 0.5) is 5.69 Å². The van der Waals surface area contributed by atoms with Crippen molar-refractivity contribution in [2.24, 2.45) is 5.10 Å². The molecule has 1 aliphatic carbocycles. The summed E-state index contributed by atoms with van der Waals surface area (Å²) in [6, 6.07) is 18.6. The van der Waals surface area contributed by atoms with E-state index in [1.54, 1.807) is 12.1 Å². The first-order valence-electron chi connectivity index (χ1n) is 7.76. The van der Waals surface area contributed by atoms with Gasteiger partial charge in [0.05, 0.1) is 11.3 Å². The molecule has 1 heterocycles. The lowest BCUT2D eigenvalue weighted by atomic mass is 10.2. The summed E-state index contributed by atoms with van der Waals surface area (Å²) in [5, 5.41) is 18.1. The van der Waals surface area contributed by atoms with Crippen LogP contribution in [0.2, 0.25) is 0 Å². The van der Waals surface area contributed by atoms with Crippen LogP contribution in [-0.4, -0.2) is 10.1 Å². The number of hydrogen-bond donors (Lipinski definition) is 2. The van der Waals surface area contributed by atoms with Crippen molar-refractivity contribution in [3.05, 3.63) is 75.9 Å². The van der Waals surface area contributed by atoms with E-state index in [1.165, 1.54) is 0 Å². The zero-order valence-electron chi connectivity index (χ0n) is 13.4. The highest BCUT2D eigenvalue weighted by Gasteiger charge is 2.24. The molecule has 0 radical (unpaired) electrons. The van der Waals surface area contributed by atoms with Crippen molar-refractivity contribution in [1.82, 2.24) is 10.4 Å². The van der Waals surface area contributed by atoms with E-state index in [2.05, 4.69) is 20.8 Å². The number of nitrogens with zero attached hydrogens (tertiary/aromatic N) is 3. The molecule has 0 spiro atoms. The first kappa shape index (κ1) is 15.9. The number of nitriles is 1. The van der Waals surface area contributed by atoms with Crippen LogP contribution in [0.15, 0.2) is 64.5 Å². The molecule has 0 saturated carbocycles. The molecule has 0 aromatic heterocycles. The maximum Gasteiger partial charge on any atom is 0.197 e. The molecule has 1 aliphatic heterocycles. The first-order valence-corrected chi connectivity index (χ1v) is 8.17. The molecule has 0 bridgehead atoms. The third-order valence-electron chi connectivity index (χ3n) is 3.99. The molecule has 0 saturated heterocycles. The van der Waals surface area contributed by atoms with Gasteiger partial charge in [0.15, 0.2) is 16.0 Å². The van der Waals surface area contributed by atoms with E-state index in [0.29, 0.717) is 16.6 Å². The van der Waals surface area contributed by atoms with Crippen molar-refractivity contribution in [1.29, 1.82) is 5.26 Å². The second-order valence-electron chi connectivity index (χ2n) is 5.56. The summed E-state index contributed by atoms with van der Waals surface area (Å²) in [5.74, 6) is 0. The Morgan fingerprint density at radius 2 is 1.77 bits per heavy atom. The van der Waals surface area contributed by atoms with Gasteiger partial charge < -0.3 is 5.32 Å². The van der Waals surface area contributed by atoms with Crippen molar-refractivity contribution >= 4 is 33.8 Å². The lowest BCUT2D eigenvalue weighted by Crippen LogP contribution is -2.27. The topological polar surface area (TPSA) is 90.2 Å². The summed E-state index contributed by atoms with van der Waals surface area (Å²) in [5.41, 5.74) is 4.37. The van der Waals surface area contributed by atoms with Crippen LogP contribution in [0.1, 0.15) is 5.56 Å². The fraction of sp³-hybridized carbons (Fsp3) is 0. The molecular formula is C19H11N5OS. The summed E-state index contributed by atoms with van der Waals surface area (Å²) in [6.45, 7) is 0. The molecule has 6 nitrogen and oxygen atoms in total. The van der Waals surface area contributed by atoms with Crippen LogP contribution >= 0.6 is 12.2 Å². The van der Waals surface area contributed by atoms with E-state index in [1.807, 2.05) is 48.5 Å². The standard InChI is InChI=1S/C19H11N5OS/c20-10-14-15-16(12-8-4-5-9-13(12)17(15)25)22-18(14)23-24-19(26)21-11-6-2-1-3-7-11/h1-9H,(H2,21,24,26)/b23-18+. The maximum absolute atomic E-state index is 12.6. The van der Waals surface area contributed by atoms with Crippen molar-refractivity contribution < 1.29 is 0 Å². The van der Waals surface area contributed by atoms with E-state index in [9.17, 15) is 10.1 Å². The minimum Gasteiger partial charge on any atom is -0.331 e. The SMILES string of the molecule is N#Cc1c2c(=O)c3ccccc3c-2n/c1=N/NC(=S)Nc1ccccc1. The summed E-state index contributed by atoms with van der Waals surface area (Å²) in [7, 11) is 0. The van der Waals surface area contributed by atoms with Gasteiger partial charge in [-0.05, 0) is 24.4 Å². The molecule has 0 amide bonds. The number of benzene rings is 2. The van der Waals surface area contributed by atoms with Gasteiger partial charge in [0.1, 0.15) is 11.6 Å². The monoisotopic (exact) mass is 357 g/mol. The highest BCUT2D eigenvalue weighted by molar-refractivity contribution is 7.80. The lowest BCUT2D eigenvalue weighted by Gasteiger charge is -2.05. The number of anilines is 1. The Balaban J connectivity index is 1.72. The van der Waals surface area contributed by atoms with E-state index < -0.39 is 0 Å². The summed E-state index contributed by atoms with van der Waals surface area (Å²) in [6.07, 6.45) is 0. The molecule has 2 aliphatic rings. The molecule has 7 heteroatoms. The molecule has 4 rings (SSSR count). The quantitative estimate of drug-likeness (QED) is 0.422. The third-order valence-corrected chi connectivity index (χ3v) is 4.18. The van der Waals surface area contributed by atoms with Gasteiger partial charge in [-0.2, -0.15) is 10.4 Å². The smallest absolute Gasteiger partial charge is 0.197 e. The van der Waals surface area contributed by atoms with Crippen LogP contribution in [-0.2, 0) is 0 Å². The Morgan fingerprint density at radius 3 is 2.50 bits per heavy atom. The zero-order valence-corrected chi connectivity index (χ0v) is 14.2. The maximum atomic E-state index is 12.6. The second kappa shape index (κ2) is 6.35. The van der Waals surface area contributed by atoms with Crippen molar-refractivity contribution in [2.75, 3.05) is 5.32 Å². The van der Waals surface area contributed by atoms with Crippen molar-refractivity contribution in [3.8, 4) is 17.3 Å². The minimum absolute atomic E-state index is 0.149. The Morgan fingerprint density at radius 1 is 1.08 bits per heavy atom. The van der Waals surface area contributed by atoms with Gasteiger partial charge >= 0.3 is 0 Å². The second-order valence-corrected chi connectivity index (χ2v) is 5.97. The lowest BCUT2D eigenvalue weighted by molar-refractivity contribution is 0.946. The Labute approximate surface area is 153 Å².